The minimum Gasteiger partial charge on any atom is -0.497 e. The average Bonchev–Trinajstić information content (AvgIpc) is 2.73. The van der Waals surface area contributed by atoms with E-state index in [1.165, 1.54) is 0 Å². The number of methoxy groups -OCH3 is 1. The third kappa shape index (κ3) is 5.64. The maximum absolute atomic E-state index is 5.84. The number of hydrogen-bond donors (Lipinski definition) is 0. The van der Waals surface area contributed by atoms with Crippen LogP contribution in [0.4, 0.5) is 0 Å². The van der Waals surface area contributed by atoms with Gasteiger partial charge in [-0.05, 0) is 48.9 Å². The Labute approximate surface area is 159 Å². The van der Waals surface area contributed by atoms with Crippen LogP contribution in [0, 0.1) is 0 Å². The number of ether oxygens (including phenoxy) is 4. The normalized spacial score (nSPS) is 11.5. The van der Waals surface area contributed by atoms with Crippen molar-refractivity contribution in [1.82, 2.24) is 4.98 Å². The van der Waals surface area contributed by atoms with Crippen molar-refractivity contribution in [3.8, 4) is 28.9 Å². The van der Waals surface area contributed by atoms with Crippen LogP contribution in [0.15, 0.2) is 72.9 Å². The summed E-state index contributed by atoms with van der Waals surface area (Å²) in [5, 5.41) is 0. The summed E-state index contributed by atoms with van der Waals surface area (Å²) in [5.41, 5.74) is 0. The summed E-state index contributed by atoms with van der Waals surface area (Å²) in [6.07, 6.45) is 2.48. The van der Waals surface area contributed by atoms with Gasteiger partial charge in [-0.25, -0.2) is 4.98 Å². The molecule has 0 saturated carbocycles. The fourth-order valence-electron chi connectivity index (χ4n) is 2.42. The zero-order valence-electron chi connectivity index (χ0n) is 15.5. The van der Waals surface area contributed by atoms with Crippen LogP contribution in [0.25, 0.3) is 0 Å². The van der Waals surface area contributed by atoms with Gasteiger partial charge in [-0.3, -0.25) is 0 Å². The van der Waals surface area contributed by atoms with E-state index in [4.69, 9.17) is 18.9 Å². The topological polar surface area (TPSA) is 49.8 Å². The van der Waals surface area contributed by atoms with E-state index in [2.05, 4.69) is 11.9 Å². The molecular weight excluding hydrogens is 342 g/mol. The van der Waals surface area contributed by atoms with Crippen LogP contribution in [0.2, 0.25) is 0 Å². The minimum absolute atomic E-state index is 0.0624. The van der Waals surface area contributed by atoms with Gasteiger partial charge in [0.2, 0.25) is 5.88 Å². The van der Waals surface area contributed by atoms with Crippen LogP contribution >= 0.6 is 0 Å². The number of benzene rings is 2. The lowest BCUT2D eigenvalue weighted by atomic mass is 10.3. The molecule has 0 fully saturated rings. The molecule has 0 spiro atoms. The monoisotopic (exact) mass is 365 g/mol. The summed E-state index contributed by atoms with van der Waals surface area (Å²) >= 11 is 0. The van der Waals surface area contributed by atoms with E-state index in [9.17, 15) is 0 Å². The van der Waals surface area contributed by atoms with Crippen molar-refractivity contribution < 1.29 is 18.9 Å². The molecule has 0 aliphatic rings. The van der Waals surface area contributed by atoms with Gasteiger partial charge in [0, 0.05) is 18.3 Å². The fourth-order valence-corrected chi connectivity index (χ4v) is 2.42. The van der Waals surface area contributed by atoms with Crippen molar-refractivity contribution in [2.75, 3.05) is 13.7 Å². The zero-order valence-corrected chi connectivity index (χ0v) is 15.5. The molecule has 27 heavy (non-hydrogen) atoms. The first-order valence-electron chi connectivity index (χ1n) is 8.89. The van der Waals surface area contributed by atoms with Crippen molar-refractivity contribution in [2.45, 2.75) is 19.4 Å². The van der Waals surface area contributed by atoms with E-state index in [1.54, 1.807) is 13.3 Å². The quantitative estimate of drug-likeness (QED) is 0.527. The maximum atomic E-state index is 5.84. The van der Waals surface area contributed by atoms with Crippen LogP contribution in [0.5, 0.6) is 28.9 Å². The lowest BCUT2D eigenvalue weighted by molar-refractivity contribution is 0.120. The van der Waals surface area contributed by atoms with E-state index < -0.39 is 0 Å². The van der Waals surface area contributed by atoms with Gasteiger partial charge in [-0.1, -0.05) is 19.1 Å². The van der Waals surface area contributed by atoms with Crippen LogP contribution in [0.1, 0.15) is 13.3 Å². The Kier molecular flexibility index (Phi) is 6.52. The van der Waals surface area contributed by atoms with Crippen LogP contribution < -0.4 is 18.9 Å². The van der Waals surface area contributed by atoms with Gasteiger partial charge >= 0.3 is 0 Å². The SMILES string of the molecule is CCC(COc1ccc(Oc2cccc(OC)c2)cc1)Oc1ccccn1. The van der Waals surface area contributed by atoms with Crippen molar-refractivity contribution in [3.63, 3.8) is 0 Å². The molecule has 0 saturated heterocycles. The Morgan fingerprint density at radius 1 is 0.852 bits per heavy atom. The first kappa shape index (κ1) is 18.6. The van der Waals surface area contributed by atoms with E-state index in [0.29, 0.717) is 12.5 Å². The summed E-state index contributed by atoms with van der Waals surface area (Å²) in [7, 11) is 1.63. The van der Waals surface area contributed by atoms with Crippen LogP contribution in [-0.4, -0.2) is 24.8 Å². The van der Waals surface area contributed by atoms with Gasteiger partial charge in [0.05, 0.1) is 7.11 Å². The molecule has 1 atom stereocenters. The van der Waals surface area contributed by atoms with Crippen molar-refractivity contribution in [3.05, 3.63) is 72.9 Å². The molecule has 3 rings (SSSR count). The summed E-state index contributed by atoms with van der Waals surface area (Å²) in [6.45, 7) is 2.51. The number of pyridine rings is 1. The molecule has 5 heteroatoms. The first-order valence-corrected chi connectivity index (χ1v) is 8.89. The Hall–Kier alpha value is -3.21. The van der Waals surface area contributed by atoms with E-state index in [1.807, 2.05) is 66.7 Å². The predicted octanol–water partition coefficient (Wildman–Crippen LogP) is 5.12. The second-order valence-electron chi connectivity index (χ2n) is 5.88. The molecule has 0 amide bonds. The Morgan fingerprint density at radius 3 is 2.33 bits per heavy atom. The summed E-state index contributed by atoms with van der Waals surface area (Å²) in [4.78, 5) is 4.18. The summed E-state index contributed by atoms with van der Waals surface area (Å²) in [5.74, 6) is 3.57. The number of nitrogens with zero attached hydrogens (tertiary/aromatic N) is 1. The lowest BCUT2D eigenvalue weighted by Gasteiger charge is -2.17. The predicted molar refractivity (Wildman–Crippen MR) is 104 cm³/mol. The zero-order chi connectivity index (χ0) is 18.9. The van der Waals surface area contributed by atoms with Gasteiger partial charge in [0.15, 0.2) is 0 Å². The molecule has 3 aromatic rings. The molecule has 0 bridgehead atoms. The van der Waals surface area contributed by atoms with Crippen molar-refractivity contribution >= 4 is 0 Å². The number of aromatic nitrogens is 1. The summed E-state index contributed by atoms with van der Waals surface area (Å²) < 4.78 is 22.7. The van der Waals surface area contributed by atoms with Crippen LogP contribution in [0.3, 0.4) is 0 Å². The maximum Gasteiger partial charge on any atom is 0.213 e. The molecule has 1 aromatic heterocycles. The minimum atomic E-state index is -0.0624. The van der Waals surface area contributed by atoms with E-state index in [0.717, 1.165) is 29.4 Å². The first-order chi connectivity index (χ1) is 13.3. The van der Waals surface area contributed by atoms with Crippen LogP contribution in [-0.2, 0) is 0 Å². The highest BCUT2D eigenvalue weighted by Gasteiger charge is 2.10. The Balaban J connectivity index is 1.53. The van der Waals surface area contributed by atoms with Crippen molar-refractivity contribution in [2.24, 2.45) is 0 Å². The van der Waals surface area contributed by atoms with Gasteiger partial charge in [-0.15, -0.1) is 0 Å². The standard InChI is InChI=1S/C22H23NO4/c1-3-17(27-22-9-4-5-14-23-22)16-25-18-10-12-19(13-11-18)26-21-8-6-7-20(15-21)24-2/h4-15,17H,3,16H2,1-2H3. The van der Waals surface area contributed by atoms with E-state index in [-0.39, 0.29) is 6.10 Å². The highest BCUT2D eigenvalue weighted by molar-refractivity contribution is 5.38. The molecular formula is C22H23NO4. The second kappa shape index (κ2) is 9.48. The number of hydrogen-bond acceptors (Lipinski definition) is 5. The molecule has 5 nitrogen and oxygen atoms in total. The third-order valence-electron chi connectivity index (χ3n) is 3.92. The molecule has 0 aliphatic carbocycles. The number of rotatable bonds is 9. The van der Waals surface area contributed by atoms with Gasteiger partial charge in [0.25, 0.3) is 0 Å². The second-order valence-corrected chi connectivity index (χ2v) is 5.88. The largest absolute Gasteiger partial charge is 0.497 e. The molecule has 2 aromatic carbocycles. The highest BCUT2D eigenvalue weighted by Crippen LogP contribution is 2.26. The molecule has 140 valence electrons. The lowest BCUT2D eigenvalue weighted by Crippen LogP contribution is -2.24. The Bertz CT molecular complexity index is 821. The highest BCUT2D eigenvalue weighted by atomic mass is 16.5. The molecule has 0 N–H and O–H groups in total. The molecule has 1 unspecified atom stereocenters. The average molecular weight is 365 g/mol. The smallest absolute Gasteiger partial charge is 0.213 e. The van der Waals surface area contributed by atoms with Gasteiger partial charge in [0.1, 0.15) is 35.7 Å². The van der Waals surface area contributed by atoms with Gasteiger partial charge < -0.3 is 18.9 Å². The Morgan fingerprint density at radius 2 is 1.63 bits per heavy atom. The molecule has 0 aliphatic heterocycles. The molecule has 0 radical (unpaired) electrons. The van der Waals surface area contributed by atoms with Crippen molar-refractivity contribution in [1.29, 1.82) is 0 Å². The molecule has 1 heterocycles. The van der Waals surface area contributed by atoms with Gasteiger partial charge in [-0.2, -0.15) is 0 Å². The third-order valence-corrected chi connectivity index (χ3v) is 3.92. The summed E-state index contributed by atoms with van der Waals surface area (Å²) in [6, 6.07) is 20.6. The fraction of sp³-hybridized carbons (Fsp3) is 0.227. The van der Waals surface area contributed by atoms with E-state index >= 15 is 0 Å².